The third-order valence-electron chi connectivity index (χ3n) is 5.49. The van der Waals surface area contributed by atoms with E-state index in [0.717, 1.165) is 45.3 Å². The first kappa shape index (κ1) is 21.4. The van der Waals surface area contributed by atoms with E-state index >= 15 is 0 Å². The Balaban J connectivity index is 1.74. The number of carboxylic acids is 1. The summed E-state index contributed by atoms with van der Waals surface area (Å²) in [6, 6.07) is 4.25. The van der Waals surface area contributed by atoms with Crippen molar-refractivity contribution in [1.82, 2.24) is 4.90 Å². The summed E-state index contributed by atoms with van der Waals surface area (Å²) in [5.74, 6) is -0.953. The number of hydrogen-bond acceptors (Lipinski definition) is 6. The molecule has 1 aromatic heterocycles. The smallest absolute Gasteiger partial charge is 0.451 e. The minimum atomic E-state index is -1.33. The number of thiophene rings is 1. The van der Waals surface area contributed by atoms with Crippen LogP contribution in [0.5, 0.6) is 0 Å². The maximum Gasteiger partial charge on any atom is 0.451 e. The molecule has 1 saturated heterocycles. The molecule has 0 bridgehead atoms. The average Bonchev–Trinajstić information content (AvgIpc) is 3.12. The van der Waals surface area contributed by atoms with Gasteiger partial charge in [-0.2, -0.15) is 0 Å². The first-order chi connectivity index (χ1) is 12.4. The van der Waals surface area contributed by atoms with Crippen molar-refractivity contribution < 1.29 is 19.9 Å². The molecule has 2 rings (SSSR count). The van der Waals surface area contributed by atoms with Gasteiger partial charge < -0.3 is 25.8 Å². The van der Waals surface area contributed by atoms with Crippen molar-refractivity contribution in [1.29, 1.82) is 0 Å². The van der Waals surface area contributed by atoms with E-state index in [9.17, 15) is 9.90 Å². The summed E-state index contributed by atoms with van der Waals surface area (Å²) in [6.45, 7) is 2.84. The Kier molecular flexibility index (Phi) is 8.57. The molecule has 0 unspecified atom stereocenters. The molecule has 1 aliphatic rings. The number of nitrogens with two attached hydrogens (primary N) is 1. The number of nitrogens with zero attached hydrogens (tertiary/aromatic N) is 1. The molecule has 2 heterocycles. The summed E-state index contributed by atoms with van der Waals surface area (Å²) >= 11 is 1.80. The van der Waals surface area contributed by atoms with Crippen LogP contribution in [0.3, 0.4) is 0 Å². The number of likely N-dealkylation sites (tertiary alicyclic amines) is 1. The highest BCUT2D eigenvalue weighted by molar-refractivity contribution is 7.09. The van der Waals surface area contributed by atoms with Gasteiger partial charge in [0.2, 0.25) is 0 Å². The number of carboxylic acid groups (broad SMARTS) is 1. The fourth-order valence-corrected chi connectivity index (χ4v) is 4.58. The summed E-state index contributed by atoms with van der Waals surface area (Å²) in [7, 11) is -1.33. The second-order valence-electron chi connectivity index (χ2n) is 7.37. The standard InChI is InChI=1S/C18H31BN2O4S/c20-18(17(22)23,9-1-2-10-19(24)25)15-7-12-21(13-8-15)11-3-5-16-6-4-14-26-16/h4,6,14-15,24-25H,1-3,5,7-13,20H2,(H,22,23)/t18-/m1/s1. The maximum atomic E-state index is 11.8. The fraction of sp³-hybridized carbons (Fsp3) is 0.722. The summed E-state index contributed by atoms with van der Waals surface area (Å²) in [5, 5.41) is 29.6. The Hall–Kier alpha value is -0.925. The lowest BCUT2D eigenvalue weighted by atomic mass is 9.74. The SMILES string of the molecule is N[C@@](CCCCB(O)O)(C(=O)O)C1CCN(CCCc2cccs2)CC1. The minimum absolute atomic E-state index is 0.0207. The number of aliphatic carboxylic acids is 1. The van der Waals surface area contributed by atoms with E-state index in [0.29, 0.717) is 19.3 Å². The van der Waals surface area contributed by atoms with E-state index < -0.39 is 18.6 Å². The topological polar surface area (TPSA) is 107 Å². The highest BCUT2D eigenvalue weighted by Gasteiger charge is 2.42. The molecular weight excluding hydrogens is 351 g/mol. The van der Waals surface area contributed by atoms with Gasteiger partial charge in [-0.15, -0.1) is 11.3 Å². The zero-order valence-electron chi connectivity index (χ0n) is 15.3. The first-order valence-corrected chi connectivity index (χ1v) is 10.4. The Bertz CT molecular complexity index is 535. The van der Waals surface area contributed by atoms with Gasteiger partial charge in [0.1, 0.15) is 5.54 Å². The van der Waals surface area contributed by atoms with E-state index in [-0.39, 0.29) is 12.2 Å². The Morgan fingerprint density at radius 3 is 2.62 bits per heavy atom. The zero-order valence-corrected chi connectivity index (χ0v) is 16.2. The molecule has 8 heteroatoms. The van der Waals surface area contributed by atoms with Gasteiger partial charge in [-0.3, -0.25) is 4.79 Å². The maximum absolute atomic E-state index is 11.8. The van der Waals surface area contributed by atoms with Crippen molar-refractivity contribution in [2.75, 3.05) is 19.6 Å². The number of carbonyl (C=O) groups is 1. The van der Waals surface area contributed by atoms with Crippen LogP contribution >= 0.6 is 11.3 Å². The van der Waals surface area contributed by atoms with Crippen molar-refractivity contribution in [3.8, 4) is 0 Å². The molecule has 0 aromatic carbocycles. The summed E-state index contributed by atoms with van der Waals surface area (Å²) < 4.78 is 0. The largest absolute Gasteiger partial charge is 0.480 e. The second kappa shape index (κ2) is 10.4. The molecule has 1 fully saturated rings. The Labute approximate surface area is 160 Å². The van der Waals surface area contributed by atoms with Crippen molar-refractivity contribution >= 4 is 24.4 Å². The molecule has 0 amide bonds. The second-order valence-corrected chi connectivity index (χ2v) is 8.40. The minimum Gasteiger partial charge on any atom is -0.480 e. The van der Waals surface area contributed by atoms with Gasteiger partial charge in [0.15, 0.2) is 0 Å². The number of piperidine rings is 1. The van der Waals surface area contributed by atoms with Crippen LogP contribution in [0, 0.1) is 5.92 Å². The number of unbranched alkanes of at least 4 members (excludes halogenated alkanes) is 1. The summed E-state index contributed by atoms with van der Waals surface area (Å²) in [6.07, 6.45) is 5.67. The molecule has 6 nitrogen and oxygen atoms in total. The lowest BCUT2D eigenvalue weighted by Crippen LogP contribution is -2.57. The van der Waals surface area contributed by atoms with Gasteiger partial charge in [-0.25, -0.2) is 0 Å². The molecule has 1 aliphatic heterocycles. The molecule has 0 saturated carbocycles. The monoisotopic (exact) mass is 382 g/mol. The molecule has 0 spiro atoms. The van der Waals surface area contributed by atoms with Gasteiger partial charge in [0.05, 0.1) is 0 Å². The molecular formula is C18H31BN2O4S. The third-order valence-corrected chi connectivity index (χ3v) is 6.43. The molecule has 1 atom stereocenters. The highest BCUT2D eigenvalue weighted by Crippen LogP contribution is 2.31. The van der Waals surface area contributed by atoms with Crippen LogP contribution in [-0.4, -0.2) is 58.3 Å². The molecule has 5 N–H and O–H groups in total. The molecule has 0 radical (unpaired) electrons. The molecule has 146 valence electrons. The normalized spacial score (nSPS) is 18.6. The highest BCUT2D eigenvalue weighted by atomic mass is 32.1. The lowest BCUT2D eigenvalue weighted by Gasteiger charge is -2.40. The first-order valence-electron chi connectivity index (χ1n) is 9.55. The predicted molar refractivity (Wildman–Crippen MR) is 105 cm³/mol. The summed E-state index contributed by atoms with van der Waals surface area (Å²) in [5.41, 5.74) is 5.10. The third kappa shape index (κ3) is 6.35. The Morgan fingerprint density at radius 2 is 2.04 bits per heavy atom. The van der Waals surface area contributed by atoms with Gasteiger partial charge in [-0.1, -0.05) is 18.9 Å². The van der Waals surface area contributed by atoms with Gasteiger partial charge >= 0.3 is 13.1 Å². The van der Waals surface area contributed by atoms with Crippen molar-refractivity contribution in [2.24, 2.45) is 11.7 Å². The predicted octanol–water partition coefficient (Wildman–Crippen LogP) is 1.82. The van der Waals surface area contributed by atoms with Gasteiger partial charge in [0.25, 0.3) is 0 Å². The van der Waals surface area contributed by atoms with Crippen LogP contribution in [0.15, 0.2) is 17.5 Å². The van der Waals surface area contributed by atoms with E-state index in [1.807, 2.05) is 0 Å². The summed E-state index contributed by atoms with van der Waals surface area (Å²) in [4.78, 5) is 15.6. The van der Waals surface area contributed by atoms with Crippen LogP contribution in [0.2, 0.25) is 6.32 Å². The van der Waals surface area contributed by atoms with Gasteiger partial charge in [-0.05, 0) is 75.4 Å². The number of aryl methyl sites for hydroxylation is 1. The van der Waals surface area contributed by atoms with E-state index in [1.54, 1.807) is 11.3 Å². The number of rotatable bonds is 11. The van der Waals surface area contributed by atoms with Gasteiger partial charge in [0, 0.05) is 4.88 Å². The van der Waals surface area contributed by atoms with Crippen LogP contribution in [0.25, 0.3) is 0 Å². The number of hydrogen-bond donors (Lipinski definition) is 4. The van der Waals surface area contributed by atoms with Crippen molar-refractivity contribution in [3.05, 3.63) is 22.4 Å². The van der Waals surface area contributed by atoms with E-state index in [4.69, 9.17) is 15.8 Å². The van der Waals surface area contributed by atoms with Crippen LogP contribution in [0.1, 0.15) is 43.4 Å². The van der Waals surface area contributed by atoms with E-state index in [2.05, 4.69) is 22.4 Å². The van der Waals surface area contributed by atoms with Crippen LogP contribution < -0.4 is 5.73 Å². The fourth-order valence-electron chi connectivity index (χ4n) is 3.83. The average molecular weight is 382 g/mol. The Morgan fingerprint density at radius 1 is 1.31 bits per heavy atom. The molecule has 26 heavy (non-hydrogen) atoms. The van der Waals surface area contributed by atoms with E-state index in [1.165, 1.54) is 4.88 Å². The van der Waals surface area contributed by atoms with Crippen LogP contribution in [0.4, 0.5) is 0 Å². The quantitative estimate of drug-likeness (QED) is 0.344. The van der Waals surface area contributed by atoms with Crippen molar-refractivity contribution in [3.63, 3.8) is 0 Å². The van der Waals surface area contributed by atoms with Crippen LogP contribution in [-0.2, 0) is 11.2 Å². The lowest BCUT2D eigenvalue weighted by molar-refractivity contribution is -0.147. The zero-order chi connectivity index (χ0) is 19.0. The van der Waals surface area contributed by atoms with Crippen molar-refractivity contribution in [2.45, 2.75) is 56.8 Å². The molecule has 1 aromatic rings. The molecule has 0 aliphatic carbocycles.